The Balaban J connectivity index is 1.67. The van der Waals surface area contributed by atoms with Crippen LogP contribution in [0, 0.1) is 0 Å². The molecule has 2 heterocycles. The van der Waals surface area contributed by atoms with Gasteiger partial charge in [-0.2, -0.15) is 15.3 Å². The lowest BCUT2D eigenvalue weighted by molar-refractivity contribution is 1.01. The first kappa shape index (κ1) is 13.2. The minimum atomic E-state index is 0.855. The molecule has 0 unspecified atom stereocenters. The van der Waals surface area contributed by atoms with E-state index in [1.54, 1.807) is 12.4 Å². The minimum Gasteiger partial charge on any atom is -0.278 e. The molecule has 0 saturated heterocycles. The first-order valence-corrected chi connectivity index (χ1v) is 6.80. The lowest BCUT2D eigenvalue weighted by atomic mass is 9.97. The van der Waals surface area contributed by atoms with E-state index in [1.165, 1.54) is 0 Å². The molecule has 0 spiro atoms. The average Bonchev–Trinajstić information content (AvgIpc) is 3.00. The molecule has 0 atom stereocenters. The molecule has 2 aromatic heterocycles. The van der Waals surface area contributed by atoms with Crippen LogP contribution in [0.3, 0.4) is 0 Å². The summed E-state index contributed by atoms with van der Waals surface area (Å²) in [6.45, 7) is 8.29. The van der Waals surface area contributed by atoms with Gasteiger partial charge in [0.05, 0.1) is 24.1 Å². The van der Waals surface area contributed by atoms with Gasteiger partial charge in [-0.15, -0.1) is 0 Å². The van der Waals surface area contributed by atoms with E-state index < -0.39 is 0 Å². The van der Waals surface area contributed by atoms with Gasteiger partial charge in [0.1, 0.15) is 0 Å². The number of benzene rings is 1. The van der Waals surface area contributed by atoms with Crippen molar-refractivity contribution in [3.05, 3.63) is 67.1 Å². The van der Waals surface area contributed by atoms with Crippen LogP contribution in [0.25, 0.3) is 22.0 Å². The maximum atomic E-state index is 4.18. The van der Waals surface area contributed by atoms with Gasteiger partial charge in [-0.1, -0.05) is 19.2 Å². The Kier molecular flexibility index (Phi) is 3.60. The second-order valence-corrected chi connectivity index (χ2v) is 5.01. The Labute approximate surface area is 123 Å². The monoisotopic (exact) mass is 276 g/mol. The summed E-state index contributed by atoms with van der Waals surface area (Å²) in [5, 5.41) is 15.7. The van der Waals surface area contributed by atoms with Crippen molar-refractivity contribution in [3.63, 3.8) is 0 Å². The summed E-state index contributed by atoms with van der Waals surface area (Å²) in [5.41, 5.74) is 5.36. The normalized spacial score (nSPS) is 10.7. The van der Waals surface area contributed by atoms with E-state index in [4.69, 9.17) is 0 Å². The van der Waals surface area contributed by atoms with Crippen LogP contribution >= 0.6 is 0 Å². The molecule has 0 saturated carbocycles. The average molecular weight is 276 g/mol. The summed E-state index contributed by atoms with van der Waals surface area (Å²) in [6, 6.07) is 8.14. The Morgan fingerprint density at radius 1 is 0.952 bits per heavy atom. The maximum absolute atomic E-state index is 4.18. The lowest BCUT2D eigenvalue weighted by Crippen LogP contribution is -1.89. The van der Waals surface area contributed by atoms with E-state index in [9.17, 15) is 0 Å². The van der Waals surface area contributed by atoms with E-state index in [1.807, 2.05) is 18.3 Å². The van der Waals surface area contributed by atoms with Crippen LogP contribution in [0.5, 0.6) is 0 Å². The van der Waals surface area contributed by atoms with E-state index >= 15 is 0 Å². The first-order chi connectivity index (χ1) is 10.2. The highest BCUT2D eigenvalue weighted by Crippen LogP contribution is 2.25. The zero-order valence-electron chi connectivity index (χ0n) is 11.7. The largest absolute Gasteiger partial charge is 0.278 e. The fourth-order valence-corrected chi connectivity index (χ4v) is 2.25. The van der Waals surface area contributed by atoms with Crippen molar-refractivity contribution in [3.8, 4) is 0 Å². The molecule has 0 aliphatic rings. The van der Waals surface area contributed by atoms with Crippen LogP contribution in [-0.2, 0) is 0 Å². The van der Waals surface area contributed by atoms with Crippen molar-refractivity contribution in [1.82, 2.24) is 20.4 Å². The van der Waals surface area contributed by atoms with Crippen LogP contribution < -0.4 is 0 Å². The van der Waals surface area contributed by atoms with Crippen molar-refractivity contribution < 1.29 is 0 Å². The van der Waals surface area contributed by atoms with Crippen LogP contribution in [-0.4, -0.2) is 20.4 Å². The number of rotatable bonds is 5. The Morgan fingerprint density at radius 2 is 1.76 bits per heavy atom. The standard InChI is InChI=1S/C17H16N4/c1-12(3-4-13(2)15-7-8-18-19-10-15)14-5-6-17-16(9-14)11-20-21-17/h5-11H,1-4H2,(H,20,21). The molecular weight excluding hydrogens is 260 g/mol. The van der Waals surface area contributed by atoms with Crippen molar-refractivity contribution in [2.75, 3.05) is 0 Å². The van der Waals surface area contributed by atoms with E-state index in [-0.39, 0.29) is 0 Å². The molecule has 4 nitrogen and oxygen atoms in total. The van der Waals surface area contributed by atoms with Gasteiger partial charge in [-0.3, -0.25) is 5.10 Å². The molecule has 0 aliphatic carbocycles. The fraction of sp³-hybridized carbons (Fsp3) is 0.118. The zero-order chi connectivity index (χ0) is 14.7. The molecule has 1 N–H and O–H groups in total. The molecule has 0 amide bonds. The molecule has 104 valence electrons. The number of aromatic amines is 1. The number of nitrogens with one attached hydrogen (secondary N) is 1. The molecular formula is C17H16N4. The number of H-pyrrole nitrogens is 1. The fourth-order valence-electron chi connectivity index (χ4n) is 2.25. The number of fused-ring (bicyclic) bond motifs is 1. The van der Waals surface area contributed by atoms with Crippen LogP contribution in [0.1, 0.15) is 24.0 Å². The highest BCUT2D eigenvalue weighted by atomic mass is 15.1. The highest BCUT2D eigenvalue weighted by Gasteiger charge is 2.05. The molecule has 0 fully saturated rings. The van der Waals surface area contributed by atoms with Gasteiger partial charge in [0.15, 0.2) is 0 Å². The predicted octanol–water partition coefficient (Wildman–Crippen LogP) is 3.86. The summed E-state index contributed by atoms with van der Waals surface area (Å²) < 4.78 is 0. The topological polar surface area (TPSA) is 54.5 Å². The molecule has 21 heavy (non-hydrogen) atoms. The molecule has 1 aromatic carbocycles. The molecule has 0 bridgehead atoms. The second kappa shape index (κ2) is 5.71. The van der Waals surface area contributed by atoms with Crippen molar-refractivity contribution >= 4 is 22.0 Å². The molecule has 3 rings (SSSR count). The molecule has 3 aromatic rings. The third kappa shape index (κ3) is 2.89. The van der Waals surface area contributed by atoms with Crippen LogP contribution in [0.15, 0.2) is 56.0 Å². The van der Waals surface area contributed by atoms with Crippen molar-refractivity contribution in [2.24, 2.45) is 0 Å². The van der Waals surface area contributed by atoms with Gasteiger partial charge in [0.25, 0.3) is 0 Å². The summed E-state index contributed by atoms with van der Waals surface area (Å²) >= 11 is 0. The Bertz CT molecular complexity index is 787. The summed E-state index contributed by atoms with van der Waals surface area (Å²) in [6.07, 6.45) is 6.97. The quantitative estimate of drug-likeness (QED) is 0.769. The smallest absolute Gasteiger partial charge is 0.0650 e. The number of aromatic nitrogens is 4. The minimum absolute atomic E-state index is 0.855. The third-order valence-corrected chi connectivity index (χ3v) is 3.57. The van der Waals surface area contributed by atoms with Gasteiger partial charge >= 0.3 is 0 Å². The first-order valence-electron chi connectivity index (χ1n) is 6.80. The SMILES string of the molecule is C=C(CCC(=C)c1ccc2[nH]ncc2c1)c1ccnnc1. The van der Waals surface area contributed by atoms with Gasteiger partial charge in [-0.25, -0.2) is 0 Å². The second-order valence-electron chi connectivity index (χ2n) is 5.01. The number of hydrogen-bond acceptors (Lipinski definition) is 3. The number of nitrogens with zero attached hydrogens (tertiary/aromatic N) is 3. The maximum Gasteiger partial charge on any atom is 0.0650 e. The van der Waals surface area contributed by atoms with Gasteiger partial charge in [0, 0.05) is 5.39 Å². The summed E-state index contributed by atoms with van der Waals surface area (Å²) in [5.74, 6) is 0. The lowest BCUT2D eigenvalue weighted by Gasteiger charge is -2.08. The van der Waals surface area contributed by atoms with E-state index in [0.29, 0.717) is 0 Å². The highest BCUT2D eigenvalue weighted by molar-refractivity contribution is 5.82. The van der Waals surface area contributed by atoms with Gasteiger partial charge in [-0.05, 0) is 53.3 Å². The summed E-state index contributed by atoms with van der Waals surface area (Å²) in [4.78, 5) is 0. The van der Waals surface area contributed by atoms with Crippen LogP contribution in [0.4, 0.5) is 0 Å². The van der Waals surface area contributed by atoms with E-state index in [0.717, 1.165) is 46.0 Å². The molecule has 0 radical (unpaired) electrons. The third-order valence-electron chi connectivity index (χ3n) is 3.57. The predicted molar refractivity (Wildman–Crippen MR) is 85.4 cm³/mol. The van der Waals surface area contributed by atoms with Crippen molar-refractivity contribution in [2.45, 2.75) is 12.8 Å². The van der Waals surface area contributed by atoms with Crippen molar-refractivity contribution in [1.29, 1.82) is 0 Å². The van der Waals surface area contributed by atoms with Gasteiger partial charge in [0.2, 0.25) is 0 Å². The van der Waals surface area contributed by atoms with E-state index in [2.05, 4.69) is 45.7 Å². The van der Waals surface area contributed by atoms with Crippen LogP contribution in [0.2, 0.25) is 0 Å². The molecule has 4 heteroatoms. The Hall–Kier alpha value is -2.75. The number of hydrogen-bond donors (Lipinski definition) is 1. The summed E-state index contributed by atoms with van der Waals surface area (Å²) in [7, 11) is 0. The van der Waals surface area contributed by atoms with Gasteiger partial charge < -0.3 is 0 Å². The zero-order valence-corrected chi connectivity index (χ0v) is 11.7. The number of allylic oxidation sites excluding steroid dienone is 2. The Morgan fingerprint density at radius 3 is 2.52 bits per heavy atom. The molecule has 0 aliphatic heterocycles.